The van der Waals surface area contributed by atoms with Gasteiger partial charge < -0.3 is 10.3 Å². The molecular formula is C19H16N4O3S. The maximum atomic E-state index is 12.4. The number of fused-ring (bicyclic) bond motifs is 2. The Morgan fingerprint density at radius 1 is 1.30 bits per heavy atom. The number of amides is 1. The Morgan fingerprint density at radius 2 is 2.11 bits per heavy atom. The Morgan fingerprint density at radius 3 is 2.96 bits per heavy atom. The molecule has 136 valence electrons. The summed E-state index contributed by atoms with van der Waals surface area (Å²) in [5, 5.41) is 5.20. The number of H-pyrrole nitrogens is 1. The number of aromatic amines is 1. The van der Waals surface area contributed by atoms with Gasteiger partial charge in [0.2, 0.25) is 0 Å². The molecule has 1 amide bonds. The van der Waals surface area contributed by atoms with E-state index in [-0.39, 0.29) is 12.1 Å². The number of rotatable bonds is 5. The zero-order chi connectivity index (χ0) is 19.0. The molecule has 0 spiro atoms. The molecular weight excluding hydrogens is 364 g/mol. The first kappa shape index (κ1) is 17.2. The molecule has 0 atom stereocenters. The van der Waals surface area contributed by atoms with Crippen LogP contribution in [0.5, 0.6) is 0 Å². The Labute approximate surface area is 157 Å². The Bertz CT molecular complexity index is 1230. The standard InChI is InChI=1S/C19H16N4O3S/c1-11-8-16(24)23-12(10-27-19(23)22-11)6-7-20-18(26)17(25)14-9-21-15-5-3-2-4-13(14)15/h2-5,8-10,21H,6-7H2,1H3,(H,20,26). The molecule has 0 saturated carbocycles. The van der Waals surface area contributed by atoms with Crippen LogP contribution in [0.15, 0.2) is 46.7 Å². The van der Waals surface area contributed by atoms with Gasteiger partial charge in [-0.25, -0.2) is 4.98 Å². The summed E-state index contributed by atoms with van der Waals surface area (Å²) in [6.45, 7) is 2.02. The zero-order valence-corrected chi connectivity index (χ0v) is 15.3. The first-order valence-corrected chi connectivity index (χ1v) is 9.28. The first-order valence-electron chi connectivity index (χ1n) is 8.40. The normalized spacial score (nSPS) is 11.1. The summed E-state index contributed by atoms with van der Waals surface area (Å²) < 4.78 is 1.53. The van der Waals surface area contributed by atoms with E-state index < -0.39 is 11.7 Å². The fraction of sp³-hybridized carbons (Fsp3) is 0.158. The predicted octanol–water partition coefficient (Wildman–Crippen LogP) is 2.09. The molecule has 0 saturated heterocycles. The molecule has 0 unspecified atom stereocenters. The van der Waals surface area contributed by atoms with Crippen LogP contribution in [0.2, 0.25) is 0 Å². The van der Waals surface area contributed by atoms with Gasteiger partial charge in [-0.1, -0.05) is 18.2 Å². The molecule has 0 aliphatic rings. The number of thiazole rings is 1. The number of nitrogens with zero attached hydrogens (tertiary/aromatic N) is 2. The lowest BCUT2D eigenvalue weighted by atomic mass is 10.1. The Kier molecular flexibility index (Phi) is 4.33. The monoisotopic (exact) mass is 380 g/mol. The summed E-state index contributed by atoms with van der Waals surface area (Å²) in [5.74, 6) is -1.25. The first-order chi connectivity index (χ1) is 13.0. The molecule has 2 N–H and O–H groups in total. The highest BCUT2D eigenvalue weighted by atomic mass is 32.1. The molecule has 4 rings (SSSR count). The Hall–Kier alpha value is -3.26. The summed E-state index contributed by atoms with van der Waals surface area (Å²) in [5.41, 5.74) is 2.44. The number of ketones is 1. The second kappa shape index (κ2) is 6.81. The quantitative estimate of drug-likeness (QED) is 0.409. The van der Waals surface area contributed by atoms with Crippen molar-refractivity contribution < 1.29 is 9.59 Å². The molecule has 0 radical (unpaired) electrons. The number of hydrogen-bond donors (Lipinski definition) is 2. The van der Waals surface area contributed by atoms with Gasteiger partial charge in [-0.2, -0.15) is 0 Å². The number of carbonyl (C=O) groups is 2. The van der Waals surface area contributed by atoms with Crippen LogP contribution >= 0.6 is 11.3 Å². The van der Waals surface area contributed by atoms with Crippen molar-refractivity contribution in [1.29, 1.82) is 0 Å². The van der Waals surface area contributed by atoms with Gasteiger partial charge in [0.05, 0.1) is 5.56 Å². The van der Waals surface area contributed by atoms with Crippen molar-refractivity contribution >= 4 is 38.9 Å². The van der Waals surface area contributed by atoms with Crippen LogP contribution in [0.4, 0.5) is 0 Å². The van der Waals surface area contributed by atoms with Crippen molar-refractivity contribution in [3.8, 4) is 0 Å². The van der Waals surface area contributed by atoms with Gasteiger partial charge in [0.1, 0.15) is 0 Å². The number of para-hydroxylation sites is 1. The lowest BCUT2D eigenvalue weighted by Crippen LogP contribution is -2.33. The molecule has 3 heterocycles. The van der Waals surface area contributed by atoms with Crippen LogP contribution in [0, 0.1) is 6.92 Å². The van der Waals surface area contributed by atoms with Crippen molar-refractivity contribution in [3.63, 3.8) is 0 Å². The highest BCUT2D eigenvalue weighted by molar-refractivity contribution is 7.15. The van der Waals surface area contributed by atoms with Gasteiger partial charge in [-0.3, -0.25) is 18.8 Å². The van der Waals surface area contributed by atoms with E-state index >= 15 is 0 Å². The van der Waals surface area contributed by atoms with Crippen molar-refractivity contribution in [3.05, 3.63) is 69.2 Å². The number of aryl methyl sites for hydroxylation is 1. The smallest absolute Gasteiger partial charge is 0.292 e. The van der Waals surface area contributed by atoms with E-state index in [1.807, 2.05) is 23.6 Å². The molecule has 0 aliphatic heterocycles. The van der Waals surface area contributed by atoms with Crippen molar-refractivity contribution in [2.24, 2.45) is 0 Å². The third-order valence-electron chi connectivity index (χ3n) is 4.31. The fourth-order valence-corrected chi connectivity index (χ4v) is 4.00. The summed E-state index contributed by atoms with van der Waals surface area (Å²) in [7, 11) is 0. The maximum absolute atomic E-state index is 12.4. The summed E-state index contributed by atoms with van der Waals surface area (Å²) in [6.07, 6.45) is 1.98. The lowest BCUT2D eigenvalue weighted by molar-refractivity contribution is -0.116. The second-order valence-electron chi connectivity index (χ2n) is 6.16. The number of Topliss-reactive ketones (excluding diaryl/α,β-unsaturated/α-hetero) is 1. The number of hydrogen-bond acceptors (Lipinski definition) is 5. The molecule has 0 aliphatic carbocycles. The SMILES string of the molecule is Cc1cc(=O)n2c(CCNC(=O)C(=O)c3c[nH]c4ccccc34)csc2n1. The van der Waals surface area contributed by atoms with E-state index in [1.165, 1.54) is 21.8 Å². The summed E-state index contributed by atoms with van der Waals surface area (Å²) >= 11 is 1.37. The molecule has 8 heteroatoms. The van der Waals surface area contributed by atoms with Gasteiger partial charge in [0, 0.05) is 52.9 Å². The van der Waals surface area contributed by atoms with Crippen LogP contribution in [0.25, 0.3) is 15.9 Å². The van der Waals surface area contributed by atoms with Gasteiger partial charge in [-0.05, 0) is 13.0 Å². The highest BCUT2D eigenvalue weighted by Crippen LogP contribution is 2.18. The minimum Gasteiger partial charge on any atom is -0.360 e. The summed E-state index contributed by atoms with van der Waals surface area (Å²) in [4.78, 5) is 44.7. The zero-order valence-electron chi connectivity index (χ0n) is 14.5. The molecule has 3 aromatic heterocycles. The summed E-state index contributed by atoms with van der Waals surface area (Å²) in [6, 6.07) is 8.80. The van der Waals surface area contributed by atoms with Crippen LogP contribution in [0.1, 0.15) is 21.7 Å². The van der Waals surface area contributed by atoms with Crippen LogP contribution in [-0.4, -0.2) is 32.6 Å². The van der Waals surface area contributed by atoms with Crippen LogP contribution in [-0.2, 0) is 11.2 Å². The minimum atomic E-state index is -0.666. The molecule has 0 fully saturated rings. The highest BCUT2D eigenvalue weighted by Gasteiger charge is 2.19. The van der Waals surface area contributed by atoms with Gasteiger partial charge >= 0.3 is 0 Å². The molecule has 27 heavy (non-hydrogen) atoms. The third kappa shape index (κ3) is 3.15. The molecule has 1 aromatic carbocycles. The van der Waals surface area contributed by atoms with E-state index in [9.17, 15) is 14.4 Å². The minimum absolute atomic E-state index is 0.144. The van der Waals surface area contributed by atoms with Gasteiger partial charge in [0.25, 0.3) is 17.2 Å². The number of benzene rings is 1. The van der Waals surface area contributed by atoms with E-state index in [2.05, 4.69) is 15.3 Å². The molecule has 0 bridgehead atoms. The van der Waals surface area contributed by atoms with E-state index in [0.717, 1.165) is 16.6 Å². The van der Waals surface area contributed by atoms with Crippen LogP contribution < -0.4 is 10.9 Å². The number of carbonyl (C=O) groups excluding carboxylic acids is 2. The fourth-order valence-electron chi connectivity index (χ4n) is 3.02. The van der Waals surface area contributed by atoms with Crippen molar-refractivity contribution in [2.45, 2.75) is 13.3 Å². The number of nitrogens with one attached hydrogen (secondary N) is 2. The lowest BCUT2D eigenvalue weighted by Gasteiger charge is -2.04. The topological polar surface area (TPSA) is 96.3 Å². The molecule has 4 aromatic rings. The van der Waals surface area contributed by atoms with Crippen molar-refractivity contribution in [2.75, 3.05) is 6.54 Å². The van der Waals surface area contributed by atoms with E-state index in [4.69, 9.17) is 0 Å². The number of aromatic nitrogens is 3. The Balaban J connectivity index is 1.46. The second-order valence-corrected chi connectivity index (χ2v) is 7.00. The third-order valence-corrected chi connectivity index (χ3v) is 5.19. The van der Waals surface area contributed by atoms with Crippen molar-refractivity contribution in [1.82, 2.24) is 19.7 Å². The van der Waals surface area contributed by atoms with E-state index in [0.29, 0.717) is 22.6 Å². The van der Waals surface area contributed by atoms with Gasteiger partial charge in [0.15, 0.2) is 4.96 Å². The van der Waals surface area contributed by atoms with E-state index in [1.54, 1.807) is 19.2 Å². The predicted molar refractivity (Wildman–Crippen MR) is 103 cm³/mol. The largest absolute Gasteiger partial charge is 0.360 e. The van der Waals surface area contributed by atoms with Gasteiger partial charge in [-0.15, -0.1) is 11.3 Å². The average Bonchev–Trinajstić information content (AvgIpc) is 3.25. The molecule has 7 nitrogen and oxygen atoms in total. The average molecular weight is 380 g/mol. The van der Waals surface area contributed by atoms with Crippen LogP contribution in [0.3, 0.4) is 0 Å². The maximum Gasteiger partial charge on any atom is 0.292 e.